The van der Waals surface area contributed by atoms with Gasteiger partial charge in [0.05, 0.1) is 6.20 Å². The zero-order chi connectivity index (χ0) is 12.4. The highest BCUT2D eigenvalue weighted by Gasteiger charge is 2.05. The van der Waals surface area contributed by atoms with E-state index in [0.29, 0.717) is 0 Å². The summed E-state index contributed by atoms with van der Waals surface area (Å²) in [5, 5.41) is 4.16. The molecule has 0 amide bonds. The molecule has 0 radical (unpaired) electrons. The molecular formula is C13H18N4. The van der Waals surface area contributed by atoms with Gasteiger partial charge in [0.15, 0.2) is 0 Å². The van der Waals surface area contributed by atoms with Gasteiger partial charge in [0.1, 0.15) is 0 Å². The average Bonchev–Trinajstić information content (AvgIpc) is 2.68. The number of rotatable bonds is 3. The molecular weight excluding hydrogens is 212 g/mol. The number of aryl methyl sites for hydroxylation is 2. The van der Waals surface area contributed by atoms with Crippen LogP contribution in [0.4, 0.5) is 11.4 Å². The Morgan fingerprint density at radius 2 is 2.18 bits per heavy atom. The molecule has 0 spiro atoms. The fraction of sp³-hybridized carbons (Fsp3) is 0.308. The molecule has 17 heavy (non-hydrogen) atoms. The summed E-state index contributed by atoms with van der Waals surface area (Å²) in [5.74, 6) is 0. The quantitative estimate of drug-likeness (QED) is 0.820. The number of anilines is 2. The lowest BCUT2D eigenvalue weighted by atomic mass is 10.1. The average molecular weight is 230 g/mol. The van der Waals surface area contributed by atoms with Gasteiger partial charge in [0.2, 0.25) is 0 Å². The highest BCUT2D eigenvalue weighted by Crippen LogP contribution is 2.21. The molecule has 4 nitrogen and oxygen atoms in total. The van der Waals surface area contributed by atoms with Crippen LogP contribution in [-0.2, 0) is 13.6 Å². The molecule has 2 N–H and O–H groups in total. The summed E-state index contributed by atoms with van der Waals surface area (Å²) in [5.41, 5.74) is 10.2. The molecule has 1 aromatic carbocycles. The van der Waals surface area contributed by atoms with E-state index in [1.54, 1.807) is 0 Å². The maximum atomic E-state index is 5.91. The van der Waals surface area contributed by atoms with Crippen LogP contribution < -0.4 is 10.6 Å². The Morgan fingerprint density at radius 3 is 2.76 bits per heavy atom. The third kappa shape index (κ3) is 2.58. The molecule has 90 valence electrons. The second-order valence-electron chi connectivity index (χ2n) is 4.42. The summed E-state index contributed by atoms with van der Waals surface area (Å²) < 4.78 is 1.81. The van der Waals surface area contributed by atoms with Crippen molar-refractivity contribution in [2.24, 2.45) is 7.05 Å². The number of benzene rings is 1. The van der Waals surface area contributed by atoms with E-state index in [0.717, 1.165) is 23.5 Å². The topological polar surface area (TPSA) is 47.1 Å². The molecule has 2 rings (SSSR count). The lowest BCUT2D eigenvalue weighted by Gasteiger charge is -2.19. The van der Waals surface area contributed by atoms with Crippen LogP contribution in [-0.4, -0.2) is 16.8 Å². The Morgan fingerprint density at radius 1 is 1.41 bits per heavy atom. The number of aromatic nitrogens is 2. The SMILES string of the molecule is Cc1ccc(N(C)Cc2cnn(C)c2)cc1N. The fourth-order valence-electron chi connectivity index (χ4n) is 1.78. The minimum Gasteiger partial charge on any atom is -0.398 e. The maximum absolute atomic E-state index is 5.91. The van der Waals surface area contributed by atoms with Crippen LogP contribution in [0.2, 0.25) is 0 Å². The van der Waals surface area contributed by atoms with Gasteiger partial charge in [0.25, 0.3) is 0 Å². The van der Waals surface area contributed by atoms with Gasteiger partial charge >= 0.3 is 0 Å². The van der Waals surface area contributed by atoms with Gasteiger partial charge in [0, 0.05) is 43.8 Å². The Kier molecular flexibility index (Phi) is 3.04. The molecule has 0 fully saturated rings. The lowest BCUT2D eigenvalue weighted by Crippen LogP contribution is -2.16. The summed E-state index contributed by atoms with van der Waals surface area (Å²) in [6, 6.07) is 6.14. The van der Waals surface area contributed by atoms with E-state index in [9.17, 15) is 0 Å². The van der Waals surface area contributed by atoms with Gasteiger partial charge in [-0.25, -0.2) is 0 Å². The molecule has 2 aromatic rings. The van der Waals surface area contributed by atoms with E-state index >= 15 is 0 Å². The summed E-state index contributed by atoms with van der Waals surface area (Å²) in [6.45, 7) is 2.84. The molecule has 0 saturated carbocycles. The summed E-state index contributed by atoms with van der Waals surface area (Å²) in [4.78, 5) is 2.16. The highest BCUT2D eigenvalue weighted by molar-refractivity contribution is 5.59. The van der Waals surface area contributed by atoms with Crippen molar-refractivity contribution in [1.29, 1.82) is 0 Å². The summed E-state index contributed by atoms with van der Waals surface area (Å²) in [7, 11) is 3.98. The number of nitrogens with zero attached hydrogens (tertiary/aromatic N) is 3. The van der Waals surface area contributed by atoms with Crippen LogP contribution in [0.25, 0.3) is 0 Å². The van der Waals surface area contributed by atoms with E-state index in [1.807, 2.05) is 43.2 Å². The number of nitrogens with two attached hydrogens (primary N) is 1. The van der Waals surface area contributed by atoms with Gasteiger partial charge in [-0.15, -0.1) is 0 Å². The molecule has 1 aromatic heterocycles. The van der Waals surface area contributed by atoms with Crippen molar-refractivity contribution in [3.63, 3.8) is 0 Å². The van der Waals surface area contributed by atoms with Crippen molar-refractivity contribution in [1.82, 2.24) is 9.78 Å². The van der Waals surface area contributed by atoms with Crippen molar-refractivity contribution in [2.45, 2.75) is 13.5 Å². The van der Waals surface area contributed by atoms with E-state index in [4.69, 9.17) is 5.73 Å². The van der Waals surface area contributed by atoms with Gasteiger partial charge in [-0.1, -0.05) is 6.07 Å². The molecule has 0 aliphatic heterocycles. The van der Waals surface area contributed by atoms with Crippen molar-refractivity contribution >= 4 is 11.4 Å². The van der Waals surface area contributed by atoms with Crippen LogP contribution in [0.3, 0.4) is 0 Å². The minimum atomic E-state index is 0.830. The number of hydrogen-bond acceptors (Lipinski definition) is 3. The fourth-order valence-corrected chi connectivity index (χ4v) is 1.78. The third-order valence-corrected chi connectivity index (χ3v) is 2.88. The van der Waals surface area contributed by atoms with Crippen LogP contribution in [0, 0.1) is 6.92 Å². The smallest absolute Gasteiger partial charge is 0.0539 e. The highest BCUT2D eigenvalue weighted by atomic mass is 15.2. The normalized spacial score (nSPS) is 10.5. The minimum absolute atomic E-state index is 0.830. The molecule has 0 saturated heterocycles. The first-order valence-corrected chi connectivity index (χ1v) is 5.61. The van der Waals surface area contributed by atoms with Gasteiger partial charge in [-0.2, -0.15) is 5.10 Å². The van der Waals surface area contributed by atoms with E-state index < -0.39 is 0 Å². The zero-order valence-corrected chi connectivity index (χ0v) is 10.5. The van der Waals surface area contributed by atoms with Crippen molar-refractivity contribution in [3.05, 3.63) is 41.7 Å². The van der Waals surface area contributed by atoms with Crippen molar-refractivity contribution < 1.29 is 0 Å². The third-order valence-electron chi connectivity index (χ3n) is 2.88. The van der Waals surface area contributed by atoms with E-state index in [1.165, 1.54) is 5.56 Å². The molecule has 0 aliphatic carbocycles. The Hall–Kier alpha value is -1.97. The Balaban J connectivity index is 2.14. The second kappa shape index (κ2) is 4.49. The van der Waals surface area contributed by atoms with Crippen LogP contribution in [0.15, 0.2) is 30.6 Å². The van der Waals surface area contributed by atoms with Crippen LogP contribution >= 0.6 is 0 Å². The summed E-state index contributed by atoms with van der Waals surface area (Å²) >= 11 is 0. The molecule has 1 heterocycles. The second-order valence-corrected chi connectivity index (χ2v) is 4.42. The van der Waals surface area contributed by atoms with Gasteiger partial charge in [-0.05, 0) is 24.6 Å². The lowest BCUT2D eigenvalue weighted by molar-refractivity contribution is 0.766. The molecule has 0 unspecified atom stereocenters. The van der Waals surface area contributed by atoms with Crippen molar-refractivity contribution in [2.75, 3.05) is 17.7 Å². The monoisotopic (exact) mass is 230 g/mol. The first kappa shape index (κ1) is 11.5. The molecule has 0 bridgehead atoms. The van der Waals surface area contributed by atoms with E-state index in [2.05, 4.69) is 23.1 Å². The maximum Gasteiger partial charge on any atom is 0.0539 e. The molecule has 0 aliphatic rings. The van der Waals surface area contributed by atoms with Gasteiger partial charge in [-0.3, -0.25) is 4.68 Å². The Bertz CT molecular complexity index is 516. The van der Waals surface area contributed by atoms with Crippen LogP contribution in [0.5, 0.6) is 0 Å². The predicted octanol–water partition coefficient (Wildman–Crippen LogP) is 1.95. The Labute approximate surface area is 102 Å². The van der Waals surface area contributed by atoms with Crippen molar-refractivity contribution in [3.8, 4) is 0 Å². The van der Waals surface area contributed by atoms with E-state index in [-0.39, 0.29) is 0 Å². The standard InChI is InChI=1S/C13H18N4/c1-10-4-5-12(6-13(10)14)16(2)8-11-7-15-17(3)9-11/h4-7,9H,8,14H2,1-3H3. The summed E-state index contributed by atoms with van der Waals surface area (Å²) in [6.07, 6.45) is 3.90. The van der Waals surface area contributed by atoms with Crippen LogP contribution in [0.1, 0.15) is 11.1 Å². The number of nitrogen functional groups attached to an aromatic ring is 1. The predicted molar refractivity (Wildman–Crippen MR) is 70.9 cm³/mol. The first-order chi connectivity index (χ1) is 8.06. The first-order valence-electron chi connectivity index (χ1n) is 5.61. The zero-order valence-electron chi connectivity index (χ0n) is 10.5. The number of hydrogen-bond donors (Lipinski definition) is 1. The molecule has 0 atom stereocenters. The molecule has 4 heteroatoms. The van der Waals surface area contributed by atoms with Gasteiger partial charge < -0.3 is 10.6 Å². The largest absolute Gasteiger partial charge is 0.398 e.